The first-order chi connectivity index (χ1) is 16.3. The Morgan fingerprint density at radius 3 is 2.74 bits per heavy atom. The number of hydrogen-bond donors (Lipinski definition) is 2. The summed E-state index contributed by atoms with van der Waals surface area (Å²) in [6, 6.07) is 1.05. The molecular weight excluding hydrogens is 507 g/mol. The molecule has 2 aliphatic heterocycles. The molecule has 8 nitrogen and oxygen atoms in total. The van der Waals surface area contributed by atoms with E-state index in [1.807, 2.05) is 0 Å². The second-order valence-corrected chi connectivity index (χ2v) is 12.6. The van der Waals surface area contributed by atoms with E-state index < -0.39 is 49.9 Å². The van der Waals surface area contributed by atoms with Gasteiger partial charge in [0, 0.05) is 24.2 Å². The van der Waals surface area contributed by atoms with Crippen LogP contribution < -0.4 is 15.8 Å². The van der Waals surface area contributed by atoms with Crippen LogP contribution in [0.1, 0.15) is 37.7 Å². The van der Waals surface area contributed by atoms with Crippen molar-refractivity contribution in [1.82, 2.24) is 10.3 Å². The number of carbonyl (C=O) groups is 1. The second-order valence-electron chi connectivity index (χ2n) is 9.22. The molecule has 0 radical (unpaired) electrons. The van der Waals surface area contributed by atoms with Crippen molar-refractivity contribution in [3.05, 3.63) is 46.9 Å². The molecule has 3 N–H and O–H groups in total. The van der Waals surface area contributed by atoms with E-state index in [1.54, 1.807) is 20.8 Å². The Bertz CT molecular complexity index is 1270. The molecule has 0 bridgehead atoms. The van der Waals surface area contributed by atoms with Gasteiger partial charge in [0.15, 0.2) is 0 Å². The van der Waals surface area contributed by atoms with E-state index in [9.17, 15) is 17.8 Å². The highest BCUT2D eigenvalue weighted by atomic mass is 35.5. The van der Waals surface area contributed by atoms with E-state index in [0.29, 0.717) is 13.0 Å². The Kier molecular flexibility index (Phi) is 6.41. The number of amidine groups is 1. The van der Waals surface area contributed by atoms with Gasteiger partial charge in [-0.3, -0.25) is 9.79 Å². The van der Waals surface area contributed by atoms with E-state index in [4.69, 9.17) is 17.3 Å². The van der Waals surface area contributed by atoms with Gasteiger partial charge < -0.3 is 15.8 Å². The molecule has 0 saturated heterocycles. The number of aliphatic imine (C=N–C) groups is 1. The molecule has 190 valence electrons. The van der Waals surface area contributed by atoms with Crippen molar-refractivity contribution in [1.29, 1.82) is 0 Å². The maximum absolute atomic E-state index is 15.2. The predicted molar refractivity (Wildman–Crippen MR) is 127 cm³/mol. The van der Waals surface area contributed by atoms with Crippen LogP contribution in [0.5, 0.6) is 5.75 Å². The number of rotatable bonds is 5. The number of aromatic nitrogens is 1. The van der Waals surface area contributed by atoms with Gasteiger partial charge in [-0.05, 0) is 39.3 Å². The first-order valence-corrected chi connectivity index (χ1v) is 12.8. The fraction of sp³-hybridized carbons (Fsp3) is 0.500. The number of fused-ring (bicyclic) bond motifs is 1. The lowest BCUT2D eigenvalue weighted by atomic mass is 9.76. The molecule has 0 fully saturated rings. The minimum Gasteiger partial charge on any atom is -0.433 e. The van der Waals surface area contributed by atoms with Crippen molar-refractivity contribution in [2.75, 3.05) is 6.54 Å². The molecule has 1 aliphatic carbocycles. The molecule has 13 heteroatoms. The Balaban J connectivity index is 1.64. The minimum atomic E-state index is -3.07. The number of alkyl halides is 3. The lowest BCUT2D eigenvalue weighted by Gasteiger charge is -2.48. The van der Waals surface area contributed by atoms with Crippen molar-refractivity contribution in [3.8, 4) is 5.75 Å². The topological polar surface area (TPSA) is 119 Å². The fourth-order valence-corrected chi connectivity index (χ4v) is 8.23. The lowest BCUT2D eigenvalue weighted by Crippen LogP contribution is -2.62. The Labute approximate surface area is 206 Å². The number of carbonyl (C=O) groups excluding carboxylic acids is 1. The Morgan fingerprint density at radius 1 is 1.37 bits per heavy atom. The standard InChI is InChI=1S/C22H25ClF3N5O3S/c1-21(2)19(27)31-22(3,16-6-7-29-35(16,21)33)13-8-11(4-5-15(13)24)30-18(32)17-14(23)9-12(10-28-17)34-20(25)26/h4-5,8-10,13,15-16,20H,6-7H2,1-3H3,(H2,27,31)(H,30,32)/t13?,15?,16-,22+,35+/m0/s1. The van der Waals surface area contributed by atoms with E-state index in [0.717, 1.165) is 12.3 Å². The Hall–Kier alpha value is -2.60. The number of pyridine rings is 1. The van der Waals surface area contributed by atoms with Crippen molar-refractivity contribution in [2.24, 2.45) is 21.0 Å². The van der Waals surface area contributed by atoms with Crippen LogP contribution in [-0.4, -0.2) is 55.8 Å². The summed E-state index contributed by atoms with van der Waals surface area (Å²) in [4.78, 5) is 21.2. The predicted octanol–water partition coefficient (Wildman–Crippen LogP) is 3.62. The van der Waals surface area contributed by atoms with Crippen molar-refractivity contribution in [2.45, 2.75) is 55.5 Å². The van der Waals surface area contributed by atoms with Crippen LogP contribution in [0.3, 0.4) is 0 Å². The zero-order valence-corrected chi connectivity index (χ0v) is 20.7. The van der Waals surface area contributed by atoms with Gasteiger partial charge >= 0.3 is 6.61 Å². The number of nitrogens with zero attached hydrogens (tertiary/aromatic N) is 3. The molecule has 3 aliphatic rings. The van der Waals surface area contributed by atoms with Gasteiger partial charge in [-0.25, -0.2) is 17.9 Å². The van der Waals surface area contributed by atoms with Crippen LogP contribution in [0.2, 0.25) is 5.02 Å². The van der Waals surface area contributed by atoms with Crippen LogP contribution in [0.4, 0.5) is 13.2 Å². The molecule has 0 saturated carbocycles. The third-order valence-electron chi connectivity index (χ3n) is 6.77. The van der Waals surface area contributed by atoms with Crippen LogP contribution in [0.15, 0.2) is 45.5 Å². The summed E-state index contributed by atoms with van der Waals surface area (Å²) in [6.45, 7) is 2.49. The van der Waals surface area contributed by atoms with Gasteiger partial charge in [-0.2, -0.15) is 8.78 Å². The number of amides is 1. The smallest absolute Gasteiger partial charge is 0.387 e. The van der Waals surface area contributed by atoms with E-state index in [1.165, 1.54) is 18.2 Å². The third-order valence-corrected chi connectivity index (χ3v) is 10.8. The average Bonchev–Trinajstić information content (AvgIpc) is 3.18. The first-order valence-electron chi connectivity index (χ1n) is 10.8. The summed E-state index contributed by atoms with van der Waals surface area (Å²) in [5.74, 6) is -1.77. The number of nitrogens with two attached hydrogens (primary N) is 1. The van der Waals surface area contributed by atoms with Crippen LogP contribution in [-0.2, 0) is 9.73 Å². The molecule has 4 rings (SSSR count). The highest BCUT2D eigenvalue weighted by molar-refractivity contribution is 7.96. The van der Waals surface area contributed by atoms with Crippen LogP contribution >= 0.6 is 11.6 Å². The molecule has 1 amide bonds. The largest absolute Gasteiger partial charge is 0.433 e. The summed E-state index contributed by atoms with van der Waals surface area (Å²) in [5.41, 5.74) is 5.09. The van der Waals surface area contributed by atoms with Gasteiger partial charge in [0.1, 0.15) is 28.2 Å². The molecule has 1 aromatic rings. The van der Waals surface area contributed by atoms with E-state index >= 15 is 4.39 Å². The number of hydrogen-bond acceptors (Lipinski definition) is 7. The van der Waals surface area contributed by atoms with E-state index in [2.05, 4.69) is 24.4 Å². The molecule has 2 unspecified atom stereocenters. The maximum atomic E-state index is 15.2. The zero-order chi connectivity index (χ0) is 25.8. The first kappa shape index (κ1) is 25.5. The summed E-state index contributed by atoms with van der Waals surface area (Å²) in [5, 5.41) is 1.87. The molecule has 5 atom stereocenters. The number of ether oxygens (including phenoxy) is 1. The third kappa shape index (κ3) is 4.20. The zero-order valence-electron chi connectivity index (χ0n) is 19.2. The van der Waals surface area contributed by atoms with Gasteiger partial charge in [0.25, 0.3) is 5.91 Å². The lowest BCUT2D eigenvalue weighted by molar-refractivity contribution is -0.0500. The van der Waals surface area contributed by atoms with Gasteiger partial charge in [0.2, 0.25) is 0 Å². The average molecular weight is 532 g/mol. The van der Waals surface area contributed by atoms with Crippen molar-refractivity contribution in [3.63, 3.8) is 0 Å². The molecule has 35 heavy (non-hydrogen) atoms. The number of allylic oxidation sites excluding steroid dienone is 2. The molecule has 0 spiro atoms. The fourth-order valence-electron chi connectivity index (χ4n) is 4.77. The second kappa shape index (κ2) is 8.81. The van der Waals surface area contributed by atoms with Crippen molar-refractivity contribution < 1.29 is 26.9 Å². The minimum absolute atomic E-state index is 0.148. The van der Waals surface area contributed by atoms with Gasteiger partial charge in [-0.15, -0.1) is 0 Å². The van der Waals surface area contributed by atoms with Crippen LogP contribution in [0, 0.1) is 5.92 Å². The summed E-state index contributed by atoms with van der Waals surface area (Å²) in [6.07, 6.45) is 4.12. The summed E-state index contributed by atoms with van der Waals surface area (Å²) < 4.78 is 61.6. The number of halogens is 4. The van der Waals surface area contributed by atoms with Gasteiger partial charge in [0.05, 0.1) is 31.7 Å². The normalized spacial score (nSPS) is 33.4. The maximum Gasteiger partial charge on any atom is 0.387 e. The molecule has 3 heterocycles. The molecule has 1 aromatic heterocycles. The van der Waals surface area contributed by atoms with Crippen molar-refractivity contribution >= 4 is 33.1 Å². The highest BCUT2D eigenvalue weighted by Gasteiger charge is 2.59. The van der Waals surface area contributed by atoms with Crippen LogP contribution in [0.25, 0.3) is 0 Å². The summed E-state index contributed by atoms with van der Waals surface area (Å²) >= 11 is 6.02. The SMILES string of the molecule is CC1(C)C(N)=N[C@](C)(C2C=C(NC(=O)c3ncc(OC(F)F)cc3Cl)C=CC2F)[C@@H]2CCN=[S@@]21=O. The molecule has 0 aromatic carbocycles. The quantitative estimate of drug-likeness (QED) is 0.601. The summed E-state index contributed by atoms with van der Waals surface area (Å²) in [7, 11) is -2.84. The monoisotopic (exact) mass is 531 g/mol. The molecular formula is C22H25ClF3N5O3S. The number of nitrogens with one attached hydrogen (secondary N) is 1. The van der Waals surface area contributed by atoms with E-state index in [-0.39, 0.29) is 28.0 Å². The Morgan fingerprint density at radius 2 is 2.09 bits per heavy atom. The highest BCUT2D eigenvalue weighted by Crippen LogP contribution is 2.48. The van der Waals surface area contributed by atoms with Gasteiger partial charge in [-0.1, -0.05) is 17.7 Å².